The van der Waals surface area contributed by atoms with Gasteiger partial charge in [-0.15, -0.1) is 0 Å². The second-order valence-corrected chi connectivity index (χ2v) is 7.04. The molecule has 0 spiro atoms. The molecular formula is C24H25FN2O3. The van der Waals surface area contributed by atoms with Crippen LogP contribution in [0.2, 0.25) is 0 Å². The molecule has 0 aliphatic rings. The summed E-state index contributed by atoms with van der Waals surface area (Å²) >= 11 is 0. The van der Waals surface area contributed by atoms with Crippen LogP contribution in [0, 0.1) is 12.7 Å². The zero-order valence-electron chi connectivity index (χ0n) is 17.4. The number of aryl methyl sites for hydroxylation is 2. The van der Waals surface area contributed by atoms with Crippen LogP contribution in [0.3, 0.4) is 0 Å². The Kier molecular flexibility index (Phi) is 6.77. The van der Waals surface area contributed by atoms with Gasteiger partial charge in [0, 0.05) is 18.5 Å². The summed E-state index contributed by atoms with van der Waals surface area (Å²) in [6.07, 6.45) is 0.574. The van der Waals surface area contributed by atoms with Crippen LogP contribution in [0.4, 0.5) is 4.39 Å². The molecule has 1 amide bonds. The zero-order chi connectivity index (χ0) is 21.7. The van der Waals surface area contributed by atoms with Gasteiger partial charge in [0.05, 0.1) is 16.8 Å². The third-order valence-corrected chi connectivity index (χ3v) is 5.09. The van der Waals surface area contributed by atoms with Crippen LogP contribution in [-0.2, 0) is 22.5 Å². The number of carbonyl (C=O) groups excluding carboxylic acids is 2. The molecule has 1 aromatic heterocycles. The number of hydrogen-bond donors (Lipinski definition) is 0. The number of para-hydroxylation sites is 1. The molecule has 3 rings (SSSR count). The quantitative estimate of drug-likeness (QED) is 0.542. The number of likely N-dealkylation sites (N-methyl/N-ethyl adjacent to an activating group) is 1. The van der Waals surface area contributed by atoms with Gasteiger partial charge in [-0.25, -0.2) is 9.18 Å². The van der Waals surface area contributed by atoms with Gasteiger partial charge in [0.2, 0.25) is 0 Å². The van der Waals surface area contributed by atoms with Crippen LogP contribution in [0.15, 0.2) is 48.5 Å². The number of benzene rings is 2. The van der Waals surface area contributed by atoms with Crippen LogP contribution in [0.1, 0.15) is 41.0 Å². The SMILES string of the molecule is CCc1nc2ccccc2c(C)c1C(=O)OCC(=O)N(CC)Cc1cccc(F)c1. The van der Waals surface area contributed by atoms with E-state index < -0.39 is 5.97 Å². The molecule has 0 radical (unpaired) electrons. The Morgan fingerprint density at radius 1 is 1.10 bits per heavy atom. The molecule has 6 heteroatoms. The Morgan fingerprint density at radius 2 is 1.87 bits per heavy atom. The molecule has 0 N–H and O–H groups in total. The maximum absolute atomic E-state index is 13.4. The number of esters is 1. The number of fused-ring (bicyclic) bond motifs is 1. The van der Waals surface area contributed by atoms with E-state index in [9.17, 15) is 14.0 Å². The second kappa shape index (κ2) is 9.48. The Hall–Kier alpha value is -3.28. The first-order chi connectivity index (χ1) is 14.4. The number of amides is 1. The van der Waals surface area contributed by atoms with E-state index >= 15 is 0 Å². The summed E-state index contributed by atoms with van der Waals surface area (Å²) in [5.74, 6) is -1.24. The number of rotatable bonds is 7. The van der Waals surface area contributed by atoms with Gasteiger partial charge in [0.1, 0.15) is 5.82 Å². The highest BCUT2D eigenvalue weighted by Gasteiger charge is 2.21. The minimum Gasteiger partial charge on any atom is -0.452 e. The Labute approximate surface area is 175 Å². The van der Waals surface area contributed by atoms with Crippen molar-refractivity contribution in [3.05, 3.63) is 76.7 Å². The van der Waals surface area contributed by atoms with E-state index in [1.165, 1.54) is 17.0 Å². The first-order valence-electron chi connectivity index (χ1n) is 10.0. The maximum Gasteiger partial charge on any atom is 0.340 e. The molecular weight excluding hydrogens is 383 g/mol. The summed E-state index contributed by atoms with van der Waals surface area (Å²) < 4.78 is 18.8. The van der Waals surface area contributed by atoms with E-state index in [-0.39, 0.29) is 24.9 Å². The lowest BCUT2D eigenvalue weighted by molar-refractivity contribution is -0.134. The summed E-state index contributed by atoms with van der Waals surface area (Å²) in [5.41, 5.74) is 3.36. The summed E-state index contributed by atoms with van der Waals surface area (Å²) in [6.45, 7) is 5.91. The second-order valence-electron chi connectivity index (χ2n) is 7.04. The largest absolute Gasteiger partial charge is 0.452 e. The van der Waals surface area contributed by atoms with E-state index in [4.69, 9.17) is 4.74 Å². The Morgan fingerprint density at radius 3 is 2.57 bits per heavy atom. The van der Waals surface area contributed by atoms with Crippen LogP contribution in [-0.4, -0.2) is 34.9 Å². The number of aromatic nitrogens is 1. The minimum atomic E-state index is -0.558. The average Bonchev–Trinajstić information content (AvgIpc) is 2.75. The topological polar surface area (TPSA) is 59.5 Å². The average molecular weight is 408 g/mol. The molecule has 0 aliphatic carbocycles. The fraction of sp³-hybridized carbons (Fsp3) is 0.292. The van der Waals surface area contributed by atoms with E-state index in [2.05, 4.69) is 4.98 Å². The lowest BCUT2D eigenvalue weighted by Gasteiger charge is -2.21. The number of hydrogen-bond acceptors (Lipinski definition) is 4. The third kappa shape index (κ3) is 4.64. The van der Waals surface area contributed by atoms with E-state index in [0.717, 1.165) is 16.5 Å². The van der Waals surface area contributed by atoms with Gasteiger partial charge in [0.25, 0.3) is 5.91 Å². The molecule has 0 aliphatic heterocycles. The van der Waals surface area contributed by atoms with Gasteiger partial charge in [-0.3, -0.25) is 9.78 Å². The first-order valence-corrected chi connectivity index (χ1v) is 10.0. The van der Waals surface area contributed by atoms with Gasteiger partial charge in [-0.2, -0.15) is 0 Å². The number of halogens is 1. The molecule has 0 unspecified atom stereocenters. The fourth-order valence-electron chi connectivity index (χ4n) is 3.49. The lowest BCUT2D eigenvalue weighted by atomic mass is 10.0. The molecule has 30 heavy (non-hydrogen) atoms. The van der Waals surface area contributed by atoms with Gasteiger partial charge >= 0.3 is 5.97 Å². The van der Waals surface area contributed by atoms with Crippen molar-refractivity contribution in [1.29, 1.82) is 0 Å². The molecule has 0 saturated heterocycles. The number of pyridine rings is 1. The highest BCUT2D eigenvalue weighted by molar-refractivity contribution is 5.99. The summed E-state index contributed by atoms with van der Waals surface area (Å²) in [6, 6.07) is 13.7. The molecule has 2 aromatic carbocycles. The van der Waals surface area contributed by atoms with Gasteiger partial charge in [0.15, 0.2) is 6.61 Å². The standard InChI is InChI=1S/C24H25FN2O3/c1-4-20-23(16(3)19-11-6-7-12-21(19)26-20)24(29)30-15-22(28)27(5-2)14-17-9-8-10-18(25)13-17/h6-13H,4-5,14-15H2,1-3H3. The predicted octanol–water partition coefficient (Wildman–Crippen LogP) is 4.45. The van der Waals surface area contributed by atoms with Crippen LogP contribution < -0.4 is 0 Å². The highest BCUT2D eigenvalue weighted by atomic mass is 19.1. The number of ether oxygens (including phenoxy) is 1. The summed E-state index contributed by atoms with van der Waals surface area (Å²) in [7, 11) is 0. The smallest absolute Gasteiger partial charge is 0.340 e. The monoisotopic (exact) mass is 408 g/mol. The predicted molar refractivity (Wildman–Crippen MR) is 114 cm³/mol. The van der Waals surface area contributed by atoms with Crippen molar-refractivity contribution < 1.29 is 18.7 Å². The first kappa shape index (κ1) is 21.4. The van der Waals surface area contributed by atoms with Crippen LogP contribution in [0.5, 0.6) is 0 Å². The van der Waals surface area contributed by atoms with Crippen molar-refractivity contribution in [3.63, 3.8) is 0 Å². The van der Waals surface area contributed by atoms with Crippen LogP contribution in [0.25, 0.3) is 10.9 Å². The van der Waals surface area contributed by atoms with Crippen molar-refractivity contribution in [2.45, 2.75) is 33.7 Å². The van der Waals surface area contributed by atoms with Crippen LogP contribution >= 0.6 is 0 Å². The van der Waals surface area contributed by atoms with Gasteiger partial charge in [-0.05, 0) is 49.6 Å². The summed E-state index contributed by atoms with van der Waals surface area (Å²) in [4.78, 5) is 31.5. The van der Waals surface area contributed by atoms with Crippen molar-refractivity contribution in [2.24, 2.45) is 0 Å². The van der Waals surface area contributed by atoms with Crippen molar-refractivity contribution in [2.75, 3.05) is 13.2 Å². The third-order valence-electron chi connectivity index (χ3n) is 5.09. The molecule has 3 aromatic rings. The molecule has 0 fully saturated rings. The molecule has 0 bridgehead atoms. The highest BCUT2D eigenvalue weighted by Crippen LogP contribution is 2.24. The normalized spacial score (nSPS) is 10.8. The van der Waals surface area contributed by atoms with Gasteiger partial charge in [-0.1, -0.05) is 37.3 Å². The lowest BCUT2D eigenvalue weighted by Crippen LogP contribution is -2.34. The minimum absolute atomic E-state index is 0.251. The molecule has 156 valence electrons. The van der Waals surface area contributed by atoms with E-state index in [1.54, 1.807) is 12.1 Å². The van der Waals surface area contributed by atoms with E-state index in [1.807, 2.05) is 45.0 Å². The van der Waals surface area contributed by atoms with Crippen molar-refractivity contribution in [3.8, 4) is 0 Å². The van der Waals surface area contributed by atoms with Crippen molar-refractivity contribution in [1.82, 2.24) is 9.88 Å². The number of nitrogens with zero attached hydrogens (tertiary/aromatic N) is 2. The molecule has 5 nitrogen and oxygen atoms in total. The zero-order valence-corrected chi connectivity index (χ0v) is 17.4. The molecule has 0 saturated carbocycles. The maximum atomic E-state index is 13.4. The Bertz CT molecular complexity index is 1080. The molecule has 0 atom stereocenters. The van der Waals surface area contributed by atoms with E-state index in [0.29, 0.717) is 29.8 Å². The van der Waals surface area contributed by atoms with Gasteiger partial charge < -0.3 is 9.64 Å². The Balaban J connectivity index is 1.74. The number of carbonyl (C=O) groups is 2. The summed E-state index contributed by atoms with van der Waals surface area (Å²) in [5, 5.41) is 0.884. The van der Waals surface area contributed by atoms with Crippen molar-refractivity contribution >= 4 is 22.8 Å². The fourth-order valence-corrected chi connectivity index (χ4v) is 3.49. The molecule has 1 heterocycles.